The van der Waals surface area contributed by atoms with Gasteiger partial charge in [0.2, 0.25) is 0 Å². The van der Waals surface area contributed by atoms with Gasteiger partial charge in [-0.05, 0) is 30.5 Å². The lowest BCUT2D eigenvalue weighted by Gasteiger charge is -2.17. The first-order chi connectivity index (χ1) is 9.25. The normalized spacial score (nSPS) is 14.4. The molecule has 1 N–H and O–H groups in total. The number of urea groups is 1. The highest BCUT2D eigenvalue weighted by Gasteiger charge is 2.29. The molecule has 1 aromatic carbocycles. The molecule has 0 unspecified atom stereocenters. The van der Waals surface area contributed by atoms with Crippen LogP contribution >= 0.6 is 0 Å². The lowest BCUT2D eigenvalue weighted by molar-refractivity contribution is 0.206. The summed E-state index contributed by atoms with van der Waals surface area (Å²) in [4.78, 5) is 18.0. The number of para-hydroxylation sites is 1. The van der Waals surface area contributed by atoms with E-state index >= 15 is 0 Å². The van der Waals surface area contributed by atoms with Gasteiger partial charge in [0.1, 0.15) is 0 Å². The molecule has 1 heterocycles. The van der Waals surface area contributed by atoms with Crippen LogP contribution in [0.4, 0.5) is 4.79 Å². The Morgan fingerprint density at radius 2 is 2.16 bits per heavy atom. The summed E-state index contributed by atoms with van der Waals surface area (Å²) < 4.78 is 0. The van der Waals surface area contributed by atoms with Crippen molar-refractivity contribution < 1.29 is 4.79 Å². The first kappa shape index (κ1) is 12.0. The standard InChI is InChI=1S/C15H17N3O/c1-18(12-6-7-12)15(19)17-10-11-8-9-16-14-5-3-2-4-13(11)14/h2-5,8-9,12H,6-7,10H2,1H3,(H,17,19). The molecule has 1 aromatic heterocycles. The second-order valence-electron chi connectivity index (χ2n) is 4.99. The van der Waals surface area contributed by atoms with Gasteiger partial charge >= 0.3 is 6.03 Å². The Kier molecular flexibility index (Phi) is 3.07. The van der Waals surface area contributed by atoms with Gasteiger partial charge in [-0.15, -0.1) is 0 Å². The van der Waals surface area contributed by atoms with E-state index in [2.05, 4.69) is 10.3 Å². The van der Waals surface area contributed by atoms with Gasteiger partial charge in [0.05, 0.1) is 5.52 Å². The van der Waals surface area contributed by atoms with E-state index in [1.807, 2.05) is 37.4 Å². The fourth-order valence-corrected chi connectivity index (χ4v) is 2.23. The maximum Gasteiger partial charge on any atom is 0.317 e. The fraction of sp³-hybridized carbons (Fsp3) is 0.333. The van der Waals surface area contributed by atoms with E-state index in [0.29, 0.717) is 12.6 Å². The molecule has 0 atom stereocenters. The molecule has 1 aliphatic rings. The quantitative estimate of drug-likeness (QED) is 0.916. The van der Waals surface area contributed by atoms with Crippen LogP contribution in [-0.2, 0) is 6.54 Å². The molecule has 0 spiro atoms. The van der Waals surface area contributed by atoms with Gasteiger partial charge < -0.3 is 10.2 Å². The second-order valence-corrected chi connectivity index (χ2v) is 4.99. The van der Waals surface area contributed by atoms with Crippen molar-refractivity contribution in [1.29, 1.82) is 0 Å². The van der Waals surface area contributed by atoms with Crippen molar-refractivity contribution in [3.05, 3.63) is 42.1 Å². The van der Waals surface area contributed by atoms with Crippen molar-refractivity contribution in [2.24, 2.45) is 0 Å². The molecular weight excluding hydrogens is 238 g/mol. The topological polar surface area (TPSA) is 45.2 Å². The molecular formula is C15H17N3O. The van der Waals surface area contributed by atoms with Gasteiger partial charge in [-0.25, -0.2) is 4.79 Å². The third-order valence-electron chi connectivity index (χ3n) is 3.58. The Bertz CT molecular complexity index is 602. The van der Waals surface area contributed by atoms with Gasteiger partial charge in [-0.2, -0.15) is 0 Å². The highest BCUT2D eigenvalue weighted by Crippen LogP contribution is 2.25. The zero-order chi connectivity index (χ0) is 13.2. The van der Waals surface area contributed by atoms with E-state index in [0.717, 1.165) is 29.3 Å². The van der Waals surface area contributed by atoms with E-state index in [-0.39, 0.29) is 6.03 Å². The van der Waals surface area contributed by atoms with E-state index in [9.17, 15) is 4.79 Å². The number of nitrogens with zero attached hydrogens (tertiary/aromatic N) is 2. The van der Waals surface area contributed by atoms with Crippen LogP contribution in [0.3, 0.4) is 0 Å². The van der Waals surface area contributed by atoms with E-state index in [1.165, 1.54) is 0 Å². The van der Waals surface area contributed by atoms with Crippen LogP contribution < -0.4 is 5.32 Å². The molecule has 98 valence electrons. The number of carbonyl (C=O) groups excluding carboxylic acids is 1. The third-order valence-corrected chi connectivity index (χ3v) is 3.58. The van der Waals surface area contributed by atoms with Crippen LogP contribution in [0.1, 0.15) is 18.4 Å². The van der Waals surface area contributed by atoms with Crippen molar-refractivity contribution in [3.63, 3.8) is 0 Å². The van der Waals surface area contributed by atoms with E-state index in [4.69, 9.17) is 0 Å². The van der Waals surface area contributed by atoms with Crippen LogP contribution in [-0.4, -0.2) is 29.0 Å². The molecule has 4 nitrogen and oxygen atoms in total. The minimum absolute atomic E-state index is 0.00314. The number of rotatable bonds is 3. The summed E-state index contributed by atoms with van der Waals surface area (Å²) in [5, 5.41) is 4.07. The van der Waals surface area contributed by atoms with Crippen molar-refractivity contribution >= 4 is 16.9 Å². The SMILES string of the molecule is CN(C(=O)NCc1ccnc2ccccc12)C1CC1. The highest BCUT2D eigenvalue weighted by molar-refractivity contribution is 5.82. The van der Waals surface area contributed by atoms with E-state index < -0.39 is 0 Å². The summed E-state index contributed by atoms with van der Waals surface area (Å²) in [5.74, 6) is 0. The minimum Gasteiger partial charge on any atom is -0.334 e. The number of benzene rings is 1. The zero-order valence-electron chi connectivity index (χ0n) is 11.0. The average Bonchev–Trinajstić information content (AvgIpc) is 3.28. The lowest BCUT2D eigenvalue weighted by Crippen LogP contribution is -2.38. The molecule has 2 amide bonds. The molecule has 4 heteroatoms. The molecule has 0 radical (unpaired) electrons. The molecule has 19 heavy (non-hydrogen) atoms. The first-order valence-electron chi connectivity index (χ1n) is 6.59. The van der Waals surface area contributed by atoms with Crippen LogP contribution in [0.2, 0.25) is 0 Å². The number of nitrogens with one attached hydrogen (secondary N) is 1. The Labute approximate surface area is 112 Å². The number of carbonyl (C=O) groups is 1. The van der Waals surface area contributed by atoms with Gasteiger partial charge in [-0.1, -0.05) is 18.2 Å². The Morgan fingerprint density at radius 3 is 2.95 bits per heavy atom. The zero-order valence-corrected chi connectivity index (χ0v) is 11.0. The fourth-order valence-electron chi connectivity index (χ4n) is 2.23. The molecule has 1 fully saturated rings. The van der Waals surface area contributed by atoms with Gasteiger partial charge in [0, 0.05) is 31.2 Å². The number of amides is 2. The molecule has 1 saturated carbocycles. The number of aromatic nitrogens is 1. The second kappa shape index (κ2) is 4.88. The van der Waals surface area contributed by atoms with Gasteiger partial charge in [0.25, 0.3) is 0 Å². The maximum absolute atomic E-state index is 11.9. The maximum atomic E-state index is 11.9. The molecule has 0 bridgehead atoms. The van der Waals surface area contributed by atoms with Gasteiger partial charge in [-0.3, -0.25) is 4.98 Å². The number of hydrogen-bond donors (Lipinski definition) is 1. The molecule has 1 aliphatic carbocycles. The summed E-state index contributed by atoms with van der Waals surface area (Å²) in [6.07, 6.45) is 4.04. The number of hydrogen-bond acceptors (Lipinski definition) is 2. The molecule has 2 aromatic rings. The van der Waals surface area contributed by atoms with Crippen LogP contribution in [0, 0.1) is 0 Å². The van der Waals surface area contributed by atoms with E-state index in [1.54, 1.807) is 11.1 Å². The van der Waals surface area contributed by atoms with Crippen LogP contribution in [0.15, 0.2) is 36.5 Å². The monoisotopic (exact) mass is 255 g/mol. The van der Waals surface area contributed by atoms with Crippen molar-refractivity contribution in [2.45, 2.75) is 25.4 Å². The Hall–Kier alpha value is -2.10. The Balaban J connectivity index is 1.73. The largest absolute Gasteiger partial charge is 0.334 e. The lowest BCUT2D eigenvalue weighted by atomic mass is 10.1. The van der Waals surface area contributed by atoms with Crippen molar-refractivity contribution in [1.82, 2.24) is 15.2 Å². The number of pyridine rings is 1. The summed E-state index contributed by atoms with van der Waals surface area (Å²) in [5.41, 5.74) is 2.06. The summed E-state index contributed by atoms with van der Waals surface area (Å²) in [6, 6.07) is 10.4. The van der Waals surface area contributed by atoms with Crippen LogP contribution in [0.25, 0.3) is 10.9 Å². The smallest absolute Gasteiger partial charge is 0.317 e. The predicted octanol–water partition coefficient (Wildman–Crippen LogP) is 2.54. The van der Waals surface area contributed by atoms with Gasteiger partial charge in [0.15, 0.2) is 0 Å². The number of fused-ring (bicyclic) bond motifs is 1. The highest BCUT2D eigenvalue weighted by atomic mass is 16.2. The first-order valence-corrected chi connectivity index (χ1v) is 6.59. The van der Waals surface area contributed by atoms with Crippen molar-refractivity contribution in [3.8, 4) is 0 Å². The molecule has 0 aliphatic heterocycles. The Morgan fingerprint density at radius 1 is 1.37 bits per heavy atom. The average molecular weight is 255 g/mol. The molecule has 0 saturated heterocycles. The molecule has 3 rings (SSSR count). The third kappa shape index (κ3) is 2.52. The summed E-state index contributed by atoms with van der Waals surface area (Å²) in [6.45, 7) is 0.541. The van der Waals surface area contributed by atoms with Crippen molar-refractivity contribution in [2.75, 3.05) is 7.05 Å². The minimum atomic E-state index is 0.00314. The summed E-state index contributed by atoms with van der Waals surface area (Å²) in [7, 11) is 1.86. The van der Waals surface area contributed by atoms with Crippen LogP contribution in [0.5, 0.6) is 0 Å². The summed E-state index contributed by atoms with van der Waals surface area (Å²) >= 11 is 0. The predicted molar refractivity (Wildman–Crippen MR) is 74.8 cm³/mol.